The SMILES string of the molecule is Cc1cc(C)cc(C(=O)N2CCCC(c3nccn3Cc3ccncc3)C2)c1. The number of pyridine rings is 1. The van der Waals surface area contributed by atoms with Crippen molar-refractivity contribution in [1.82, 2.24) is 19.4 Å². The molecule has 0 bridgehead atoms. The van der Waals surface area contributed by atoms with Crippen LogP contribution in [-0.4, -0.2) is 38.4 Å². The Balaban J connectivity index is 1.52. The summed E-state index contributed by atoms with van der Waals surface area (Å²) in [7, 11) is 0. The van der Waals surface area contributed by atoms with E-state index in [4.69, 9.17) is 0 Å². The van der Waals surface area contributed by atoms with E-state index < -0.39 is 0 Å². The summed E-state index contributed by atoms with van der Waals surface area (Å²) in [6.45, 7) is 6.39. The van der Waals surface area contributed by atoms with Gasteiger partial charge in [0.25, 0.3) is 5.91 Å². The Morgan fingerprint density at radius 3 is 2.61 bits per heavy atom. The third-order valence-electron chi connectivity index (χ3n) is 5.39. The second-order valence-corrected chi connectivity index (χ2v) is 7.74. The first-order valence-corrected chi connectivity index (χ1v) is 9.87. The molecule has 1 aliphatic heterocycles. The van der Waals surface area contributed by atoms with E-state index >= 15 is 0 Å². The lowest BCUT2D eigenvalue weighted by molar-refractivity contribution is 0.0703. The second-order valence-electron chi connectivity index (χ2n) is 7.74. The number of aromatic nitrogens is 3. The van der Waals surface area contributed by atoms with Crippen LogP contribution in [0.15, 0.2) is 55.1 Å². The maximum Gasteiger partial charge on any atom is 0.253 e. The number of nitrogens with zero attached hydrogens (tertiary/aromatic N) is 4. The van der Waals surface area contributed by atoms with Crippen LogP contribution in [0.2, 0.25) is 0 Å². The minimum Gasteiger partial charge on any atom is -0.338 e. The van der Waals surface area contributed by atoms with Gasteiger partial charge in [-0.2, -0.15) is 0 Å². The highest BCUT2D eigenvalue weighted by Crippen LogP contribution is 2.27. The molecule has 4 rings (SSSR count). The number of imidazole rings is 1. The van der Waals surface area contributed by atoms with Gasteiger partial charge in [-0.05, 0) is 56.5 Å². The lowest BCUT2D eigenvalue weighted by Gasteiger charge is -2.33. The number of rotatable bonds is 4. The van der Waals surface area contributed by atoms with Gasteiger partial charge in [0.2, 0.25) is 0 Å². The Hall–Kier alpha value is -2.95. The lowest BCUT2D eigenvalue weighted by Crippen LogP contribution is -2.39. The number of carbonyl (C=O) groups excluding carboxylic acids is 1. The van der Waals surface area contributed by atoms with Crippen molar-refractivity contribution in [2.24, 2.45) is 0 Å². The molecule has 1 amide bonds. The zero-order valence-corrected chi connectivity index (χ0v) is 16.5. The number of aryl methyl sites for hydroxylation is 2. The molecule has 1 atom stereocenters. The molecule has 1 aliphatic rings. The molecule has 3 aromatic rings. The van der Waals surface area contributed by atoms with E-state index in [0.717, 1.165) is 55.0 Å². The number of likely N-dealkylation sites (tertiary alicyclic amines) is 1. The van der Waals surface area contributed by atoms with Crippen molar-refractivity contribution in [1.29, 1.82) is 0 Å². The third kappa shape index (κ3) is 3.98. The molecule has 5 nitrogen and oxygen atoms in total. The highest BCUT2D eigenvalue weighted by Gasteiger charge is 2.28. The van der Waals surface area contributed by atoms with Gasteiger partial charge in [-0.3, -0.25) is 9.78 Å². The Labute approximate surface area is 166 Å². The summed E-state index contributed by atoms with van der Waals surface area (Å²) in [4.78, 5) is 23.8. The molecule has 1 fully saturated rings. The zero-order chi connectivity index (χ0) is 19.5. The molecule has 1 saturated heterocycles. The molecule has 2 aromatic heterocycles. The van der Waals surface area contributed by atoms with Crippen molar-refractivity contribution < 1.29 is 4.79 Å². The predicted octanol–water partition coefficient (Wildman–Crippen LogP) is 3.96. The van der Waals surface area contributed by atoms with Crippen LogP contribution >= 0.6 is 0 Å². The Kier molecular flexibility index (Phi) is 5.24. The molecule has 0 saturated carbocycles. The van der Waals surface area contributed by atoms with Crippen LogP contribution in [0.1, 0.15) is 51.6 Å². The number of benzene rings is 1. The molecular weight excluding hydrogens is 348 g/mol. The van der Waals surface area contributed by atoms with E-state index in [0.29, 0.717) is 0 Å². The standard InChI is InChI=1S/C23H26N4O/c1-17-12-18(2)14-21(13-17)23(28)27-10-3-4-20(16-27)22-25-9-11-26(22)15-19-5-7-24-8-6-19/h5-9,11-14,20H,3-4,10,15-16H2,1-2H3. The topological polar surface area (TPSA) is 51.0 Å². The van der Waals surface area contributed by atoms with Crippen LogP contribution < -0.4 is 0 Å². The van der Waals surface area contributed by atoms with E-state index in [-0.39, 0.29) is 11.8 Å². The van der Waals surface area contributed by atoms with Gasteiger partial charge >= 0.3 is 0 Å². The number of hydrogen-bond donors (Lipinski definition) is 0. The minimum atomic E-state index is 0.128. The maximum absolute atomic E-state index is 13.1. The normalized spacial score (nSPS) is 16.9. The van der Waals surface area contributed by atoms with Crippen LogP contribution in [-0.2, 0) is 6.54 Å². The zero-order valence-electron chi connectivity index (χ0n) is 16.5. The summed E-state index contributed by atoms with van der Waals surface area (Å²) in [5, 5.41) is 0. The van der Waals surface area contributed by atoms with Gasteiger partial charge in [0, 0.05) is 55.9 Å². The highest BCUT2D eigenvalue weighted by atomic mass is 16.2. The van der Waals surface area contributed by atoms with Crippen molar-refractivity contribution in [3.05, 3.63) is 83.2 Å². The summed E-state index contributed by atoms with van der Waals surface area (Å²) < 4.78 is 2.20. The summed E-state index contributed by atoms with van der Waals surface area (Å²) in [6.07, 6.45) is 9.59. The second kappa shape index (κ2) is 7.97. The number of hydrogen-bond acceptors (Lipinski definition) is 3. The molecule has 0 N–H and O–H groups in total. The molecule has 1 aromatic carbocycles. The highest BCUT2D eigenvalue weighted by molar-refractivity contribution is 5.94. The van der Waals surface area contributed by atoms with Gasteiger partial charge in [-0.25, -0.2) is 4.98 Å². The van der Waals surface area contributed by atoms with Crippen LogP contribution in [0, 0.1) is 13.8 Å². The molecular formula is C23H26N4O. The van der Waals surface area contributed by atoms with Gasteiger partial charge in [0.15, 0.2) is 0 Å². The number of carbonyl (C=O) groups is 1. The van der Waals surface area contributed by atoms with Crippen LogP contribution in [0.25, 0.3) is 0 Å². The fraction of sp³-hybridized carbons (Fsp3) is 0.348. The smallest absolute Gasteiger partial charge is 0.253 e. The third-order valence-corrected chi connectivity index (χ3v) is 5.39. The molecule has 0 aliphatic carbocycles. The number of piperidine rings is 1. The van der Waals surface area contributed by atoms with Gasteiger partial charge in [0.1, 0.15) is 5.82 Å². The minimum absolute atomic E-state index is 0.128. The first kappa shape index (κ1) is 18.4. The van der Waals surface area contributed by atoms with Crippen LogP contribution in [0.5, 0.6) is 0 Å². The Bertz CT molecular complexity index is 943. The van der Waals surface area contributed by atoms with E-state index in [1.165, 1.54) is 5.56 Å². The van der Waals surface area contributed by atoms with Crippen molar-refractivity contribution in [3.8, 4) is 0 Å². The summed E-state index contributed by atoms with van der Waals surface area (Å²) in [6, 6.07) is 10.1. The summed E-state index contributed by atoms with van der Waals surface area (Å²) in [5.41, 5.74) is 4.25. The molecule has 0 radical (unpaired) electrons. The van der Waals surface area contributed by atoms with Gasteiger partial charge in [-0.15, -0.1) is 0 Å². The van der Waals surface area contributed by atoms with E-state index in [1.807, 2.05) is 67.8 Å². The van der Waals surface area contributed by atoms with Crippen molar-refractivity contribution in [3.63, 3.8) is 0 Å². The first-order chi connectivity index (χ1) is 13.6. The molecule has 1 unspecified atom stereocenters. The lowest BCUT2D eigenvalue weighted by atomic mass is 9.96. The molecule has 5 heteroatoms. The average Bonchev–Trinajstić information content (AvgIpc) is 3.15. The molecule has 0 spiro atoms. The van der Waals surface area contributed by atoms with Gasteiger partial charge < -0.3 is 9.47 Å². The quantitative estimate of drug-likeness (QED) is 0.694. The average molecular weight is 374 g/mol. The van der Waals surface area contributed by atoms with Crippen molar-refractivity contribution >= 4 is 5.91 Å². The van der Waals surface area contributed by atoms with E-state index in [2.05, 4.69) is 20.6 Å². The molecule has 144 valence electrons. The van der Waals surface area contributed by atoms with E-state index in [9.17, 15) is 4.79 Å². The monoisotopic (exact) mass is 374 g/mol. The summed E-state index contributed by atoms with van der Waals surface area (Å²) >= 11 is 0. The van der Waals surface area contributed by atoms with Crippen LogP contribution in [0.3, 0.4) is 0 Å². The van der Waals surface area contributed by atoms with Crippen LogP contribution in [0.4, 0.5) is 0 Å². The van der Waals surface area contributed by atoms with Gasteiger partial charge in [0.05, 0.1) is 0 Å². The van der Waals surface area contributed by atoms with Gasteiger partial charge in [-0.1, -0.05) is 17.2 Å². The Morgan fingerprint density at radius 2 is 1.86 bits per heavy atom. The largest absolute Gasteiger partial charge is 0.338 e. The summed E-state index contributed by atoms with van der Waals surface area (Å²) in [5.74, 6) is 1.46. The fourth-order valence-electron chi connectivity index (χ4n) is 4.15. The maximum atomic E-state index is 13.1. The Morgan fingerprint density at radius 1 is 1.11 bits per heavy atom. The van der Waals surface area contributed by atoms with Crippen molar-refractivity contribution in [2.45, 2.75) is 39.2 Å². The predicted molar refractivity (Wildman–Crippen MR) is 109 cm³/mol. The fourth-order valence-corrected chi connectivity index (χ4v) is 4.15. The first-order valence-electron chi connectivity index (χ1n) is 9.87. The molecule has 3 heterocycles. The van der Waals surface area contributed by atoms with E-state index in [1.54, 1.807) is 0 Å². The number of amides is 1. The molecule has 28 heavy (non-hydrogen) atoms. The van der Waals surface area contributed by atoms with Crippen molar-refractivity contribution in [2.75, 3.05) is 13.1 Å².